The first kappa shape index (κ1) is 46.0. The van der Waals surface area contributed by atoms with E-state index in [9.17, 15) is 9.59 Å². The van der Waals surface area contributed by atoms with E-state index in [0.29, 0.717) is 12.1 Å². The first-order valence-electron chi connectivity index (χ1n) is 25.1. The third-order valence-electron chi connectivity index (χ3n) is 14.3. The van der Waals surface area contributed by atoms with Crippen molar-refractivity contribution in [3.63, 3.8) is 0 Å². The molecular formula is C60H58N10O2. The number of anilines is 2. The average Bonchev–Trinajstić information content (AvgIpc) is 4.01. The third kappa shape index (κ3) is 10.1. The van der Waals surface area contributed by atoms with Crippen LogP contribution >= 0.6 is 0 Å². The summed E-state index contributed by atoms with van der Waals surface area (Å²) in [7, 11) is 0. The lowest BCUT2D eigenvalue weighted by Crippen LogP contribution is -2.41. The summed E-state index contributed by atoms with van der Waals surface area (Å²) in [4.78, 5) is 45.8. The topological polar surface area (TPSA) is 126 Å². The van der Waals surface area contributed by atoms with Gasteiger partial charge in [0.15, 0.2) is 0 Å². The standard InChI is InChI=1S/2C30H29N5O/c1-21(36)34-15-10-25(11-16-34)33-26-18-27(30-28(19-26)31-12-13-32-30)23-7-8-29-24(17-23)9-14-35(29)20-22-5-3-2-4-6-22;1-21(36)34-15-10-25(11-16-34)33-26-18-27(30-28(19-26)31-12-13-32-30)24-8-7-23-9-14-35(29(23)17-24)20-22-5-3-2-4-6-22/h2*2-9,12-14,17-19,25,33H,10-11,15-16,20H2,1H3. The molecule has 12 nitrogen and oxygen atoms in total. The molecule has 2 amide bonds. The number of aromatic nitrogens is 6. The first-order valence-corrected chi connectivity index (χ1v) is 25.1. The van der Waals surface area contributed by atoms with Crippen molar-refractivity contribution >= 4 is 67.1 Å². The first-order chi connectivity index (χ1) is 35.3. The Morgan fingerprint density at radius 1 is 0.486 bits per heavy atom. The molecule has 12 heteroatoms. The van der Waals surface area contributed by atoms with E-state index in [1.807, 2.05) is 9.80 Å². The quantitative estimate of drug-likeness (QED) is 0.139. The van der Waals surface area contributed by atoms with Crippen LogP contribution in [0.4, 0.5) is 11.4 Å². The van der Waals surface area contributed by atoms with Crippen LogP contribution in [0.5, 0.6) is 0 Å². The van der Waals surface area contributed by atoms with Gasteiger partial charge in [0.25, 0.3) is 0 Å². The SMILES string of the molecule is CC(=O)N1CCC(Nc2cc(-c3ccc4c(ccn4Cc4ccccc4)c3)c3nccnc3c2)CC1.CC(=O)N1CCC(Nc2cc(-c3ccc4ccn(Cc5ccccc5)c4c3)c3nccnc3c2)CC1. The zero-order chi connectivity index (χ0) is 49.0. The lowest BCUT2D eigenvalue weighted by Gasteiger charge is -2.32. The molecule has 0 aliphatic carbocycles. The number of nitrogens with zero attached hydrogens (tertiary/aromatic N) is 8. The number of benzene rings is 6. The molecule has 12 rings (SSSR count). The minimum Gasteiger partial charge on any atom is -0.382 e. The molecule has 2 saturated heterocycles. The van der Waals surface area contributed by atoms with Crippen LogP contribution in [0.3, 0.4) is 0 Å². The maximum Gasteiger partial charge on any atom is 0.219 e. The van der Waals surface area contributed by atoms with Crippen LogP contribution in [0.15, 0.2) is 171 Å². The van der Waals surface area contributed by atoms with Gasteiger partial charge in [0.1, 0.15) is 0 Å². The monoisotopic (exact) mass is 950 g/mol. The summed E-state index contributed by atoms with van der Waals surface area (Å²) < 4.78 is 4.59. The van der Waals surface area contributed by atoms with Gasteiger partial charge < -0.3 is 29.6 Å². The van der Waals surface area contributed by atoms with Gasteiger partial charge in [-0.25, -0.2) is 0 Å². The van der Waals surface area contributed by atoms with Crippen LogP contribution in [0.1, 0.15) is 50.7 Å². The van der Waals surface area contributed by atoms with Crippen molar-refractivity contribution in [2.75, 3.05) is 36.8 Å². The molecule has 0 atom stereocenters. The number of hydrogen-bond donors (Lipinski definition) is 2. The number of carbonyl (C=O) groups excluding carboxylic acids is 2. The highest BCUT2D eigenvalue weighted by Gasteiger charge is 2.23. The van der Waals surface area contributed by atoms with Crippen molar-refractivity contribution in [2.45, 2.75) is 64.7 Å². The maximum atomic E-state index is 11.7. The second-order valence-corrected chi connectivity index (χ2v) is 19.2. The van der Waals surface area contributed by atoms with Gasteiger partial charge in [-0.2, -0.15) is 0 Å². The number of amides is 2. The number of nitrogens with one attached hydrogen (secondary N) is 2. The van der Waals surface area contributed by atoms with Crippen molar-refractivity contribution in [1.29, 1.82) is 0 Å². The predicted molar refractivity (Wildman–Crippen MR) is 290 cm³/mol. The van der Waals surface area contributed by atoms with Crippen molar-refractivity contribution in [3.05, 3.63) is 182 Å². The Morgan fingerprint density at radius 3 is 1.46 bits per heavy atom. The van der Waals surface area contributed by atoms with Crippen molar-refractivity contribution in [2.24, 2.45) is 0 Å². The van der Waals surface area contributed by atoms with E-state index in [1.165, 1.54) is 32.9 Å². The fourth-order valence-corrected chi connectivity index (χ4v) is 10.5. The average molecular weight is 951 g/mol. The Hall–Kier alpha value is -8.38. The van der Waals surface area contributed by atoms with Crippen molar-refractivity contribution < 1.29 is 9.59 Å². The number of carbonyl (C=O) groups is 2. The van der Waals surface area contributed by atoms with Gasteiger partial charge in [-0.3, -0.25) is 29.5 Å². The molecule has 360 valence electrons. The van der Waals surface area contributed by atoms with Crippen LogP contribution < -0.4 is 10.6 Å². The third-order valence-corrected chi connectivity index (χ3v) is 14.3. The Balaban J connectivity index is 0.000000156. The van der Waals surface area contributed by atoms with E-state index >= 15 is 0 Å². The van der Waals surface area contributed by atoms with E-state index < -0.39 is 0 Å². The summed E-state index contributed by atoms with van der Waals surface area (Å²) in [5.74, 6) is 0.314. The van der Waals surface area contributed by atoms with Gasteiger partial charge in [0.05, 0.1) is 22.1 Å². The predicted octanol–water partition coefficient (Wildman–Crippen LogP) is 11.4. The molecule has 72 heavy (non-hydrogen) atoms. The van der Waals surface area contributed by atoms with Gasteiger partial charge in [-0.1, -0.05) is 78.9 Å². The normalized spacial score (nSPS) is 14.4. The minimum atomic E-state index is 0.157. The molecule has 2 aliphatic heterocycles. The molecule has 0 radical (unpaired) electrons. The van der Waals surface area contributed by atoms with E-state index in [0.717, 1.165) is 121 Å². The smallest absolute Gasteiger partial charge is 0.219 e. The number of fused-ring (bicyclic) bond motifs is 4. The van der Waals surface area contributed by atoms with Gasteiger partial charge >= 0.3 is 0 Å². The van der Waals surface area contributed by atoms with Crippen LogP contribution in [0.25, 0.3) is 66.1 Å². The summed E-state index contributed by atoms with van der Waals surface area (Å²) in [6.07, 6.45) is 15.1. The Kier molecular flexibility index (Phi) is 13.1. The molecule has 0 unspecified atom stereocenters. The molecule has 4 aromatic heterocycles. The van der Waals surface area contributed by atoms with Crippen molar-refractivity contribution in [3.8, 4) is 22.3 Å². The summed E-state index contributed by atoms with van der Waals surface area (Å²) in [6, 6.07) is 47.9. The Morgan fingerprint density at radius 2 is 0.944 bits per heavy atom. The van der Waals surface area contributed by atoms with E-state index in [-0.39, 0.29) is 11.8 Å². The second-order valence-electron chi connectivity index (χ2n) is 19.2. The van der Waals surface area contributed by atoms with Gasteiger partial charge in [0, 0.05) is 141 Å². The summed E-state index contributed by atoms with van der Waals surface area (Å²) >= 11 is 0. The number of piperidine rings is 2. The summed E-state index contributed by atoms with van der Waals surface area (Å²) in [5.41, 5.74) is 15.0. The zero-order valence-electron chi connectivity index (χ0n) is 40.8. The molecule has 6 aromatic carbocycles. The lowest BCUT2D eigenvalue weighted by atomic mass is 10.00. The molecule has 2 aliphatic rings. The molecule has 0 saturated carbocycles. The largest absolute Gasteiger partial charge is 0.382 e. The Bertz CT molecular complexity index is 3540. The number of likely N-dealkylation sites (tertiary alicyclic amines) is 2. The number of hydrogen-bond acceptors (Lipinski definition) is 8. The molecule has 2 N–H and O–H groups in total. The minimum absolute atomic E-state index is 0.157. The maximum absolute atomic E-state index is 11.7. The fraction of sp³-hybridized carbons (Fsp3) is 0.233. The highest BCUT2D eigenvalue weighted by molar-refractivity contribution is 5.98. The van der Waals surface area contributed by atoms with Crippen LogP contribution in [0, 0.1) is 0 Å². The molecular weight excluding hydrogens is 893 g/mol. The van der Waals surface area contributed by atoms with Gasteiger partial charge in [0.2, 0.25) is 11.8 Å². The highest BCUT2D eigenvalue weighted by atomic mass is 16.2. The summed E-state index contributed by atoms with van der Waals surface area (Å²) in [5, 5.41) is 9.83. The number of rotatable bonds is 10. The summed E-state index contributed by atoms with van der Waals surface area (Å²) in [6.45, 7) is 8.15. The Labute approximate surface area is 419 Å². The zero-order valence-corrected chi connectivity index (χ0v) is 40.8. The molecule has 0 bridgehead atoms. The van der Waals surface area contributed by atoms with Crippen LogP contribution in [-0.2, 0) is 22.7 Å². The second kappa shape index (κ2) is 20.5. The molecule has 0 spiro atoms. The highest BCUT2D eigenvalue weighted by Crippen LogP contribution is 2.35. The van der Waals surface area contributed by atoms with E-state index in [2.05, 4.69) is 181 Å². The molecule has 2 fully saturated rings. The van der Waals surface area contributed by atoms with Gasteiger partial charge in [-0.15, -0.1) is 0 Å². The van der Waals surface area contributed by atoms with Crippen LogP contribution in [-0.4, -0.2) is 88.9 Å². The van der Waals surface area contributed by atoms with Gasteiger partial charge in [-0.05, 0) is 108 Å². The van der Waals surface area contributed by atoms with Crippen LogP contribution in [0.2, 0.25) is 0 Å². The van der Waals surface area contributed by atoms with E-state index in [4.69, 9.17) is 4.98 Å². The van der Waals surface area contributed by atoms with E-state index in [1.54, 1.807) is 38.6 Å². The molecule has 10 aromatic rings. The van der Waals surface area contributed by atoms with Crippen molar-refractivity contribution in [1.82, 2.24) is 38.9 Å². The lowest BCUT2D eigenvalue weighted by molar-refractivity contribution is -0.130. The fourth-order valence-electron chi connectivity index (χ4n) is 10.5. The molecule has 6 heterocycles.